The number of aryl methyl sites for hydroxylation is 2. The minimum absolute atomic E-state index is 0.0595. The smallest absolute Gasteiger partial charge is 0.323 e. The molecule has 2 N–H and O–H groups in total. The molecule has 4 aromatic rings. The van der Waals surface area contributed by atoms with Crippen molar-refractivity contribution in [3.63, 3.8) is 0 Å². The first-order valence-corrected chi connectivity index (χ1v) is 14.7. The number of nitrogens with zero attached hydrogens (tertiary/aromatic N) is 1. The van der Waals surface area contributed by atoms with Crippen LogP contribution >= 0.6 is 23.2 Å². The van der Waals surface area contributed by atoms with Crippen LogP contribution in [-0.4, -0.2) is 39.9 Å². The standard InChI is InChI=1S/C34H32Cl2FNO6/c1-21-18-25(35)19-28(36)34(21)44-17-4-3-16-43-26-13-9-23(10-14-26)8-11-24-12-15-29(37)32-27(6-5-7-30(39)40)22(2)38(33(24)32)20-31(41)42/h3-4,8-15,18-19H,5-7,16-17,20H2,1-2H3,(H,39,40)(H,41,42)/b4-3+,11-8+. The van der Waals surface area contributed by atoms with Crippen LogP contribution in [0.4, 0.5) is 4.39 Å². The van der Waals surface area contributed by atoms with Crippen LogP contribution in [0.3, 0.4) is 0 Å². The highest BCUT2D eigenvalue weighted by atomic mass is 35.5. The van der Waals surface area contributed by atoms with E-state index in [4.69, 9.17) is 37.8 Å². The lowest BCUT2D eigenvalue weighted by molar-refractivity contribution is -0.138. The van der Waals surface area contributed by atoms with Gasteiger partial charge in [0.25, 0.3) is 0 Å². The number of aromatic nitrogens is 1. The number of benzene rings is 3. The van der Waals surface area contributed by atoms with E-state index in [1.807, 2.05) is 55.5 Å². The van der Waals surface area contributed by atoms with Crippen molar-refractivity contribution < 1.29 is 33.7 Å². The second-order valence-corrected chi connectivity index (χ2v) is 11.0. The van der Waals surface area contributed by atoms with Crippen LogP contribution in [0.2, 0.25) is 10.0 Å². The molecule has 1 heterocycles. The summed E-state index contributed by atoms with van der Waals surface area (Å²) in [6, 6.07) is 13.8. The van der Waals surface area contributed by atoms with Gasteiger partial charge in [-0.15, -0.1) is 0 Å². The third-order valence-electron chi connectivity index (χ3n) is 7.05. The van der Waals surface area contributed by atoms with Crippen molar-refractivity contribution in [3.8, 4) is 11.5 Å². The number of carboxylic acids is 2. The number of aliphatic carboxylic acids is 2. The normalized spacial score (nSPS) is 11.6. The molecule has 3 aromatic carbocycles. The summed E-state index contributed by atoms with van der Waals surface area (Å²) < 4.78 is 28.2. The van der Waals surface area contributed by atoms with Crippen molar-refractivity contribution in [3.05, 3.63) is 104 Å². The number of fused-ring (bicyclic) bond motifs is 1. The Morgan fingerprint density at radius 3 is 2.30 bits per heavy atom. The average molecular weight is 641 g/mol. The molecule has 0 spiro atoms. The maximum atomic E-state index is 15.1. The molecule has 230 valence electrons. The highest BCUT2D eigenvalue weighted by Gasteiger charge is 2.21. The summed E-state index contributed by atoms with van der Waals surface area (Å²) in [6.07, 6.45) is 7.93. The minimum atomic E-state index is -1.06. The maximum absolute atomic E-state index is 15.1. The second kappa shape index (κ2) is 14.9. The van der Waals surface area contributed by atoms with Crippen molar-refractivity contribution in [1.82, 2.24) is 4.57 Å². The Morgan fingerprint density at radius 2 is 1.64 bits per heavy atom. The number of carboxylic acid groups (broad SMARTS) is 2. The van der Waals surface area contributed by atoms with E-state index in [0.29, 0.717) is 75.3 Å². The predicted molar refractivity (Wildman–Crippen MR) is 172 cm³/mol. The van der Waals surface area contributed by atoms with Crippen molar-refractivity contribution in [1.29, 1.82) is 0 Å². The quantitative estimate of drug-likeness (QED) is 0.106. The SMILES string of the molecule is Cc1cc(Cl)cc(Cl)c1OC/C=C/COc1ccc(/C=C/c2ccc(F)c3c(CCCC(=O)O)c(C)n(CC(=O)O)c23)cc1. The fourth-order valence-electron chi connectivity index (χ4n) is 5.01. The average Bonchev–Trinajstić information content (AvgIpc) is 3.23. The topological polar surface area (TPSA) is 98.0 Å². The van der Waals surface area contributed by atoms with Crippen molar-refractivity contribution in [2.24, 2.45) is 0 Å². The van der Waals surface area contributed by atoms with Gasteiger partial charge in [-0.2, -0.15) is 0 Å². The monoisotopic (exact) mass is 639 g/mol. The highest BCUT2D eigenvalue weighted by molar-refractivity contribution is 6.35. The fourth-order valence-corrected chi connectivity index (χ4v) is 5.66. The third-order valence-corrected chi connectivity index (χ3v) is 7.55. The first kappa shape index (κ1) is 32.6. The number of hydrogen-bond acceptors (Lipinski definition) is 4. The Bertz CT molecular complexity index is 1700. The molecule has 0 atom stereocenters. The van der Waals surface area contributed by atoms with Gasteiger partial charge in [-0.25, -0.2) is 4.39 Å². The highest BCUT2D eigenvalue weighted by Crippen LogP contribution is 2.34. The molecule has 10 heteroatoms. The number of halogens is 3. The molecule has 0 aliphatic carbocycles. The molecule has 0 bridgehead atoms. The van der Waals surface area contributed by atoms with Gasteiger partial charge in [-0.05, 0) is 97.5 Å². The lowest BCUT2D eigenvalue weighted by atomic mass is 10.0. The molecule has 0 fully saturated rings. The van der Waals surface area contributed by atoms with Gasteiger partial charge in [0.2, 0.25) is 0 Å². The maximum Gasteiger partial charge on any atom is 0.323 e. The summed E-state index contributed by atoms with van der Waals surface area (Å²) in [6.45, 7) is 3.94. The van der Waals surface area contributed by atoms with Crippen LogP contribution in [0, 0.1) is 19.7 Å². The molecule has 0 aliphatic rings. The Balaban J connectivity index is 1.43. The first-order valence-electron chi connectivity index (χ1n) is 13.9. The number of hydrogen-bond donors (Lipinski definition) is 2. The molecule has 44 heavy (non-hydrogen) atoms. The predicted octanol–water partition coefficient (Wildman–Crippen LogP) is 8.38. The molecule has 0 aliphatic heterocycles. The summed E-state index contributed by atoms with van der Waals surface area (Å²) >= 11 is 12.2. The molecule has 0 saturated heterocycles. The van der Waals surface area contributed by atoms with Gasteiger partial charge in [0.05, 0.1) is 10.5 Å². The summed E-state index contributed by atoms with van der Waals surface area (Å²) in [4.78, 5) is 22.7. The van der Waals surface area contributed by atoms with Gasteiger partial charge in [0.15, 0.2) is 0 Å². The summed E-state index contributed by atoms with van der Waals surface area (Å²) in [5.74, 6) is -1.20. The van der Waals surface area contributed by atoms with Gasteiger partial charge >= 0.3 is 11.9 Å². The van der Waals surface area contributed by atoms with E-state index in [2.05, 4.69) is 0 Å². The van der Waals surface area contributed by atoms with E-state index in [1.54, 1.807) is 29.7 Å². The van der Waals surface area contributed by atoms with Crippen molar-refractivity contribution >= 4 is 58.2 Å². The third kappa shape index (κ3) is 8.21. The van der Waals surface area contributed by atoms with Crippen LogP contribution in [0.25, 0.3) is 23.1 Å². The van der Waals surface area contributed by atoms with E-state index in [9.17, 15) is 14.7 Å². The Hall–Kier alpha value is -4.27. The first-order chi connectivity index (χ1) is 21.0. The van der Waals surface area contributed by atoms with E-state index in [-0.39, 0.29) is 13.0 Å². The Kier molecular flexibility index (Phi) is 11.1. The van der Waals surface area contributed by atoms with Crippen molar-refractivity contribution in [2.75, 3.05) is 13.2 Å². The van der Waals surface area contributed by atoms with E-state index in [1.165, 1.54) is 6.07 Å². The molecule has 1 aromatic heterocycles. The molecule has 4 rings (SSSR count). The largest absolute Gasteiger partial charge is 0.490 e. The van der Waals surface area contributed by atoms with Gasteiger partial charge in [0, 0.05) is 22.5 Å². The molecular weight excluding hydrogens is 608 g/mol. The van der Waals surface area contributed by atoms with Crippen LogP contribution < -0.4 is 9.47 Å². The van der Waals surface area contributed by atoms with Crippen LogP contribution in [-0.2, 0) is 22.6 Å². The second-order valence-electron chi connectivity index (χ2n) is 10.2. The molecule has 0 amide bonds. The Morgan fingerprint density at radius 1 is 0.932 bits per heavy atom. The van der Waals surface area contributed by atoms with Gasteiger partial charge < -0.3 is 24.3 Å². The molecule has 0 saturated carbocycles. The van der Waals surface area contributed by atoms with Crippen molar-refractivity contribution in [2.45, 2.75) is 39.7 Å². The molecular formula is C34H32Cl2FNO6. The molecule has 7 nitrogen and oxygen atoms in total. The summed E-state index contributed by atoms with van der Waals surface area (Å²) in [5, 5.41) is 19.9. The van der Waals surface area contributed by atoms with E-state index < -0.39 is 17.8 Å². The number of ether oxygens (including phenoxy) is 2. The van der Waals surface area contributed by atoms with E-state index in [0.717, 1.165) is 11.1 Å². The zero-order chi connectivity index (χ0) is 31.8. The molecule has 0 unspecified atom stereocenters. The van der Waals surface area contributed by atoms with Crippen LogP contribution in [0.5, 0.6) is 11.5 Å². The van der Waals surface area contributed by atoms with Gasteiger partial charge in [0.1, 0.15) is 37.1 Å². The van der Waals surface area contributed by atoms with Crippen LogP contribution in [0.1, 0.15) is 40.8 Å². The lowest BCUT2D eigenvalue weighted by Gasteiger charge is -2.09. The summed E-state index contributed by atoms with van der Waals surface area (Å²) in [7, 11) is 0. The van der Waals surface area contributed by atoms with Gasteiger partial charge in [-0.3, -0.25) is 9.59 Å². The minimum Gasteiger partial charge on any atom is -0.490 e. The number of carbonyl (C=O) groups is 2. The molecule has 0 radical (unpaired) electrons. The fraction of sp³-hybridized carbons (Fsp3) is 0.235. The number of rotatable bonds is 14. The zero-order valence-corrected chi connectivity index (χ0v) is 25.8. The van der Waals surface area contributed by atoms with Gasteiger partial charge in [-0.1, -0.05) is 47.5 Å². The Labute approximate surface area is 264 Å². The van der Waals surface area contributed by atoms with Crippen LogP contribution in [0.15, 0.2) is 60.7 Å². The van der Waals surface area contributed by atoms with E-state index >= 15 is 4.39 Å². The summed E-state index contributed by atoms with van der Waals surface area (Å²) in [5.41, 5.74) is 4.07. The lowest BCUT2D eigenvalue weighted by Crippen LogP contribution is -2.10. The zero-order valence-electron chi connectivity index (χ0n) is 24.3.